The smallest absolute Gasteiger partial charge is 0.238 e. The van der Waals surface area contributed by atoms with Crippen LogP contribution in [0.2, 0.25) is 0 Å². The predicted octanol–water partition coefficient (Wildman–Crippen LogP) is 2.75. The molecule has 27 heavy (non-hydrogen) atoms. The maximum absolute atomic E-state index is 13.6. The van der Waals surface area contributed by atoms with Gasteiger partial charge in [-0.05, 0) is 61.7 Å². The molecule has 140 valence electrons. The second kappa shape index (κ2) is 6.73. The van der Waals surface area contributed by atoms with E-state index in [0.29, 0.717) is 12.6 Å². The highest BCUT2D eigenvalue weighted by Gasteiger charge is 2.52. The summed E-state index contributed by atoms with van der Waals surface area (Å²) in [5.41, 5.74) is 3.05. The first-order chi connectivity index (χ1) is 13.3. The largest absolute Gasteiger partial charge is 0.380 e. The molecule has 4 heterocycles. The minimum Gasteiger partial charge on any atom is -0.380 e. The van der Waals surface area contributed by atoms with Gasteiger partial charge < -0.3 is 9.64 Å². The lowest BCUT2D eigenvalue weighted by atomic mass is 9.73. The standard InChI is InChI=1S/C22H25N3O2/c26-21-22(8-12-24(13-9-22)18-7-14-27-16-18)19-3-1-2-4-20(19)25(21)15-17-5-10-23-11-6-17/h1-6,10-11,18H,7-9,12-16H2/t18-/m1/s1. The van der Waals surface area contributed by atoms with Crippen LogP contribution >= 0.6 is 0 Å². The highest BCUT2D eigenvalue weighted by molar-refractivity contribution is 6.08. The van der Waals surface area contributed by atoms with Gasteiger partial charge in [0.2, 0.25) is 5.91 Å². The highest BCUT2D eigenvalue weighted by Crippen LogP contribution is 2.48. The van der Waals surface area contributed by atoms with Gasteiger partial charge in [-0.15, -0.1) is 0 Å². The number of nitrogens with zero attached hydrogens (tertiary/aromatic N) is 3. The van der Waals surface area contributed by atoms with Crippen molar-refractivity contribution >= 4 is 11.6 Å². The fourth-order valence-corrected chi connectivity index (χ4v) is 4.99. The number of carbonyl (C=O) groups excluding carboxylic acids is 1. The molecule has 0 bridgehead atoms. The predicted molar refractivity (Wildman–Crippen MR) is 104 cm³/mol. The first-order valence-corrected chi connectivity index (χ1v) is 9.90. The fraction of sp³-hybridized carbons (Fsp3) is 0.455. The van der Waals surface area contributed by atoms with E-state index in [4.69, 9.17) is 4.74 Å². The lowest BCUT2D eigenvalue weighted by Crippen LogP contribution is -2.51. The third-order valence-electron chi connectivity index (χ3n) is 6.53. The molecule has 3 aliphatic rings. The van der Waals surface area contributed by atoms with Crippen molar-refractivity contribution in [2.45, 2.75) is 37.3 Å². The second-order valence-corrected chi connectivity index (χ2v) is 7.90. The quantitative estimate of drug-likeness (QED) is 0.841. The molecule has 1 atom stereocenters. The Bertz CT molecular complexity index is 824. The molecule has 0 aliphatic carbocycles. The van der Waals surface area contributed by atoms with E-state index in [9.17, 15) is 4.79 Å². The van der Waals surface area contributed by atoms with Crippen molar-refractivity contribution in [3.63, 3.8) is 0 Å². The van der Waals surface area contributed by atoms with E-state index in [2.05, 4.69) is 28.1 Å². The van der Waals surface area contributed by atoms with Gasteiger partial charge in [0.25, 0.3) is 0 Å². The number of rotatable bonds is 3. The van der Waals surface area contributed by atoms with Gasteiger partial charge in [-0.2, -0.15) is 0 Å². The number of carbonyl (C=O) groups is 1. The van der Waals surface area contributed by atoms with Gasteiger partial charge in [0, 0.05) is 30.7 Å². The lowest BCUT2D eigenvalue weighted by Gasteiger charge is -2.40. The molecule has 3 aliphatic heterocycles. The molecule has 0 unspecified atom stereocenters. The van der Waals surface area contributed by atoms with Crippen molar-refractivity contribution in [1.82, 2.24) is 9.88 Å². The summed E-state index contributed by atoms with van der Waals surface area (Å²) in [6.07, 6.45) is 6.49. The number of likely N-dealkylation sites (tertiary alicyclic amines) is 1. The van der Waals surface area contributed by atoms with Crippen LogP contribution in [0, 0.1) is 0 Å². The van der Waals surface area contributed by atoms with Crippen LogP contribution < -0.4 is 4.90 Å². The van der Waals surface area contributed by atoms with Crippen molar-refractivity contribution in [2.24, 2.45) is 0 Å². The Kier molecular flexibility index (Phi) is 4.21. The molecule has 5 heteroatoms. The Labute approximate surface area is 159 Å². The number of aromatic nitrogens is 1. The van der Waals surface area contributed by atoms with Crippen LogP contribution in [-0.4, -0.2) is 48.1 Å². The first kappa shape index (κ1) is 16.9. The number of fused-ring (bicyclic) bond motifs is 2. The Balaban J connectivity index is 1.43. The van der Waals surface area contributed by atoms with E-state index in [1.54, 1.807) is 12.4 Å². The van der Waals surface area contributed by atoms with Crippen molar-refractivity contribution in [3.05, 3.63) is 59.9 Å². The topological polar surface area (TPSA) is 45.7 Å². The Morgan fingerprint density at radius 1 is 1.11 bits per heavy atom. The number of amides is 1. The highest BCUT2D eigenvalue weighted by atomic mass is 16.5. The summed E-state index contributed by atoms with van der Waals surface area (Å²) in [6, 6.07) is 12.9. The number of piperidine rings is 1. The number of benzene rings is 1. The number of hydrogen-bond acceptors (Lipinski definition) is 4. The van der Waals surface area contributed by atoms with Crippen LogP contribution in [0.15, 0.2) is 48.8 Å². The summed E-state index contributed by atoms with van der Waals surface area (Å²) >= 11 is 0. The molecule has 5 nitrogen and oxygen atoms in total. The Morgan fingerprint density at radius 2 is 1.89 bits per heavy atom. The van der Waals surface area contributed by atoms with Crippen LogP contribution in [0.5, 0.6) is 0 Å². The SMILES string of the molecule is O=C1N(Cc2ccncc2)c2ccccc2C12CCN([C@@H]1CCOC1)CC2. The minimum atomic E-state index is -0.362. The van der Waals surface area contributed by atoms with E-state index in [0.717, 1.165) is 56.8 Å². The molecule has 1 aromatic heterocycles. The van der Waals surface area contributed by atoms with Crippen molar-refractivity contribution in [2.75, 3.05) is 31.2 Å². The van der Waals surface area contributed by atoms with Crippen LogP contribution in [-0.2, 0) is 21.5 Å². The zero-order valence-electron chi connectivity index (χ0n) is 15.5. The zero-order valence-corrected chi connectivity index (χ0v) is 15.5. The molecule has 5 rings (SSSR count). The number of para-hydroxylation sites is 1. The molecule has 1 amide bonds. The van der Waals surface area contributed by atoms with Gasteiger partial charge in [-0.25, -0.2) is 0 Å². The summed E-state index contributed by atoms with van der Waals surface area (Å²) in [7, 11) is 0. The van der Waals surface area contributed by atoms with Crippen LogP contribution in [0.4, 0.5) is 5.69 Å². The summed E-state index contributed by atoms with van der Waals surface area (Å²) in [5.74, 6) is 0.267. The third kappa shape index (κ3) is 2.77. The summed E-state index contributed by atoms with van der Waals surface area (Å²) in [5, 5.41) is 0. The molecule has 2 fully saturated rings. The average Bonchev–Trinajstić information content (AvgIpc) is 3.33. The van der Waals surface area contributed by atoms with Crippen LogP contribution in [0.3, 0.4) is 0 Å². The molecule has 2 aromatic rings. The summed E-state index contributed by atoms with van der Waals surface area (Å²) in [4.78, 5) is 22.2. The minimum absolute atomic E-state index is 0.267. The summed E-state index contributed by atoms with van der Waals surface area (Å²) in [6.45, 7) is 4.26. The van der Waals surface area contributed by atoms with Gasteiger partial charge in [-0.3, -0.25) is 14.7 Å². The number of ether oxygens (including phenoxy) is 1. The zero-order chi connectivity index (χ0) is 18.3. The van der Waals surface area contributed by atoms with E-state index in [-0.39, 0.29) is 11.3 Å². The van der Waals surface area contributed by atoms with Crippen LogP contribution in [0.1, 0.15) is 30.4 Å². The number of anilines is 1. The van der Waals surface area contributed by atoms with Crippen molar-refractivity contribution < 1.29 is 9.53 Å². The van der Waals surface area contributed by atoms with Crippen molar-refractivity contribution in [1.29, 1.82) is 0 Å². The number of pyridine rings is 1. The normalized spacial score (nSPS) is 24.5. The van der Waals surface area contributed by atoms with Gasteiger partial charge in [0.1, 0.15) is 0 Å². The van der Waals surface area contributed by atoms with Crippen LogP contribution in [0.25, 0.3) is 0 Å². The molecule has 0 saturated carbocycles. The van der Waals surface area contributed by atoms with Gasteiger partial charge in [-0.1, -0.05) is 18.2 Å². The van der Waals surface area contributed by atoms with E-state index < -0.39 is 0 Å². The average molecular weight is 363 g/mol. The number of hydrogen-bond donors (Lipinski definition) is 0. The molecule has 0 N–H and O–H groups in total. The second-order valence-electron chi connectivity index (χ2n) is 7.90. The molecular formula is C22H25N3O2. The Morgan fingerprint density at radius 3 is 2.63 bits per heavy atom. The third-order valence-corrected chi connectivity index (χ3v) is 6.53. The molecule has 0 radical (unpaired) electrons. The monoisotopic (exact) mass is 363 g/mol. The first-order valence-electron chi connectivity index (χ1n) is 9.90. The Hall–Kier alpha value is -2.24. The maximum Gasteiger partial charge on any atom is 0.238 e. The summed E-state index contributed by atoms with van der Waals surface area (Å²) < 4.78 is 5.57. The van der Waals surface area contributed by atoms with Crippen molar-refractivity contribution in [3.8, 4) is 0 Å². The molecule has 1 spiro atoms. The van der Waals surface area contributed by atoms with E-state index >= 15 is 0 Å². The molecular weight excluding hydrogens is 338 g/mol. The molecule has 1 aromatic carbocycles. The van der Waals surface area contributed by atoms with Gasteiger partial charge >= 0.3 is 0 Å². The van der Waals surface area contributed by atoms with E-state index in [1.165, 1.54) is 5.56 Å². The van der Waals surface area contributed by atoms with Gasteiger partial charge in [0.05, 0.1) is 18.6 Å². The fourth-order valence-electron chi connectivity index (χ4n) is 4.99. The van der Waals surface area contributed by atoms with Gasteiger partial charge in [0.15, 0.2) is 0 Å². The lowest BCUT2D eigenvalue weighted by molar-refractivity contribution is -0.125. The maximum atomic E-state index is 13.6. The molecule has 2 saturated heterocycles. The van der Waals surface area contributed by atoms with E-state index in [1.807, 2.05) is 23.1 Å².